The fourth-order valence-corrected chi connectivity index (χ4v) is 2.16. The van der Waals surface area contributed by atoms with Gasteiger partial charge in [-0.1, -0.05) is 30.3 Å². The summed E-state index contributed by atoms with van der Waals surface area (Å²) >= 11 is 0. The Morgan fingerprint density at radius 3 is 2.45 bits per heavy atom. The molecule has 0 aliphatic rings. The summed E-state index contributed by atoms with van der Waals surface area (Å²) in [6, 6.07) is 16.0. The lowest BCUT2D eigenvalue weighted by molar-refractivity contribution is 0.282. The highest BCUT2D eigenvalue weighted by Crippen LogP contribution is 2.27. The van der Waals surface area contributed by atoms with Crippen LogP contribution in [0.5, 0.6) is 5.75 Å². The summed E-state index contributed by atoms with van der Waals surface area (Å²) in [4.78, 5) is 0. The van der Waals surface area contributed by atoms with Gasteiger partial charge in [-0.05, 0) is 37.6 Å². The van der Waals surface area contributed by atoms with Crippen molar-refractivity contribution >= 4 is 5.69 Å². The lowest BCUT2D eigenvalue weighted by Gasteiger charge is -2.19. The van der Waals surface area contributed by atoms with Gasteiger partial charge in [-0.15, -0.1) is 0 Å². The molecule has 0 spiro atoms. The van der Waals surface area contributed by atoms with Gasteiger partial charge in [0.25, 0.3) is 0 Å². The minimum absolute atomic E-state index is 0.0724. The number of benzene rings is 2. The molecule has 0 aliphatic heterocycles. The van der Waals surface area contributed by atoms with Crippen LogP contribution in [-0.2, 0) is 6.61 Å². The van der Waals surface area contributed by atoms with Crippen molar-refractivity contribution < 1.29 is 9.84 Å². The van der Waals surface area contributed by atoms with Crippen molar-refractivity contribution in [3.05, 3.63) is 59.7 Å². The molecular formula is C17H21NO2. The Morgan fingerprint density at radius 2 is 1.80 bits per heavy atom. The summed E-state index contributed by atoms with van der Waals surface area (Å²) in [5, 5.41) is 12.5. The Balaban J connectivity index is 2.12. The first kappa shape index (κ1) is 14.4. The molecule has 0 heterocycles. The third-order valence-corrected chi connectivity index (χ3v) is 3.21. The van der Waals surface area contributed by atoms with Crippen molar-refractivity contribution in [1.82, 2.24) is 0 Å². The molecule has 0 radical (unpaired) electrons. The van der Waals surface area contributed by atoms with Crippen LogP contribution >= 0.6 is 0 Å². The molecule has 3 nitrogen and oxygen atoms in total. The second-order valence-corrected chi connectivity index (χ2v) is 4.69. The average molecular weight is 271 g/mol. The summed E-state index contributed by atoms with van der Waals surface area (Å²) in [6.07, 6.45) is 0. The van der Waals surface area contributed by atoms with Crippen LogP contribution in [0.25, 0.3) is 0 Å². The summed E-state index contributed by atoms with van der Waals surface area (Å²) < 4.78 is 5.66. The fraction of sp³-hybridized carbons (Fsp3) is 0.294. The maximum atomic E-state index is 9.05. The molecule has 0 aliphatic carbocycles. The minimum atomic E-state index is 0.0724. The summed E-state index contributed by atoms with van der Waals surface area (Å²) in [5.41, 5.74) is 3.08. The second-order valence-electron chi connectivity index (χ2n) is 4.69. The zero-order valence-corrected chi connectivity index (χ0v) is 12.0. The molecule has 106 valence electrons. The maximum absolute atomic E-state index is 9.05. The molecule has 0 saturated heterocycles. The van der Waals surface area contributed by atoms with Gasteiger partial charge in [-0.2, -0.15) is 0 Å². The molecule has 0 amide bonds. The van der Waals surface area contributed by atoms with E-state index < -0.39 is 0 Å². The lowest BCUT2D eigenvalue weighted by atomic mass is 10.1. The first-order valence-corrected chi connectivity index (χ1v) is 6.92. The third-order valence-electron chi connectivity index (χ3n) is 3.21. The van der Waals surface area contributed by atoms with Crippen LogP contribution in [0.3, 0.4) is 0 Å². The Kier molecular flexibility index (Phi) is 5.02. The van der Waals surface area contributed by atoms with Crippen LogP contribution in [0, 0.1) is 0 Å². The molecule has 0 fully saturated rings. The Hall–Kier alpha value is -2.00. The van der Waals surface area contributed by atoms with Gasteiger partial charge in [-0.25, -0.2) is 0 Å². The van der Waals surface area contributed by atoms with E-state index in [9.17, 15) is 0 Å². The van der Waals surface area contributed by atoms with Crippen LogP contribution in [-0.4, -0.2) is 11.7 Å². The number of nitrogens with one attached hydrogen (secondary N) is 1. The normalized spacial score (nSPS) is 11.9. The molecule has 2 N–H and O–H groups in total. The first-order valence-electron chi connectivity index (χ1n) is 6.92. The highest BCUT2D eigenvalue weighted by Gasteiger charge is 2.10. The molecular weight excluding hydrogens is 250 g/mol. The standard InChI is InChI=1S/C17H21NO2/c1-3-20-17-7-5-4-6-16(17)13(2)18-15-10-8-14(12-19)9-11-15/h4-11,13,18-19H,3,12H2,1-2H3. The topological polar surface area (TPSA) is 41.5 Å². The molecule has 20 heavy (non-hydrogen) atoms. The van der Waals surface area contributed by atoms with Crippen molar-refractivity contribution in [2.45, 2.75) is 26.5 Å². The molecule has 2 aromatic rings. The van der Waals surface area contributed by atoms with Crippen LogP contribution in [0.2, 0.25) is 0 Å². The van der Waals surface area contributed by atoms with Crippen molar-refractivity contribution in [2.24, 2.45) is 0 Å². The average Bonchev–Trinajstić information content (AvgIpc) is 2.49. The van der Waals surface area contributed by atoms with Crippen molar-refractivity contribution in [3.63, 3.8) is 0 Å². The maximum Gasteiger partial charge on any atom is 0.124 e. The van der Waals surface area contributed by atoms with Gasteiger partial charge in [0.1, 0.15) is 5.75 Å². The van der Waals surface area contributed by atoms with Gasteiger partial charge >= 0.3 is 0 Å². The highest BCUT2D eigenvalue weighted by atomic mass is 16.5. The number of hydrogen-bond acceptors (Lipinski definition) is 3. The van der Waals surface area contributed by atoms with Crippen molar-refractivity contribution in [3.8, 4) is 5.75 Å². The number of rotatable bonds is 6. The van der Waals surface area contributed by atoms with E-state index in [0.29, 0.717) is 6.61 Å². The third kappa shape index (κ3) is 3.52. The van der Waals surface area contributed by atoms with Crippen LogP contribution in [0.4, 0.5) is 5.69 Å². The molecule has 0 bridgehead atoms. The predicted octanol–water partition coefficient (Wildman–Crippen LogP) is 3.75. The number of hydrogen-bond donors (Lipinski definition) is 2. The lowest BCUT2D eigenvalue weighted by Crippen LogP contribution is -2.08. The van der Waals surface area contributed by atoms with E-state index >= 15 is 0 Å². The molecule has 1 atom stereocenters. The summed E-state index contributed by atoms with van der Waals surface area (Å²) in [5.74, 6) is 0.918. The van der Waals surface area contributed by atoms with Crippen molar-refractivity contribution in [1.29, 1.82) is 0 Å². The minimum Gasteiger partial charge on any atom is -0.494 e. The largest absolute Gasteiger partial charge is 0.494 e. The highest BCUT2D eigenvalue weighted by molar-refractivity contribution is 5.48. The fourth-order valence-electron chi connectivity index (χ4n) is 2.16. The Bertz CT molecular complexity index is 537. The van der Waals surface area contributed by atoms with E-state index in [0.717, 1.165) is 22.6 Å². The molecule has 3 heteroatoms. The number of aliphatic hydroxyl groups excluding tert-OH is 1. The SMILES string of the molecule is CCOc1ccccc1C(C)Nc1ccc(CO)cc1. The monoisotopic (exact) mass is 271 g/mol. The van der Waals surface area contributed by atoms with Gasteiger partial charge < -0.3 is 15.2 Å². The van der Waals surface area contributed by atoms with Gasteiger partial charge in [0, 0.05) is 11.3 Å². The quantitative estimate of drug-likeness (QED) is 0.840. The molecule has 2 aromatic carbocycles. The smallest absolute Gasteiger partial charge is 0.124 e. The molecule has 0 saturated carbocycles. The van der Waals surface area contributed by atoms with E-state index in [4.69, 9.17) is 9.84 Å². The van der Waals surface area contributed by atoms with Gasteiger partial charge in [0.15, 0.2) is 0 Å². The van der Waals surface area contributed by atoms with E-state index in [1.165, 1.54) is 0 Å². The van der Waals surface area contributed by atoms with Gasteiger partial charge in [0.05, 0.1) is 19.3 Å². The first-order chi connectivity index (χ1) is 9.74. The van der Waals surface area contributed by atoms with E-state index in [1.54, 1.807) is 0 Å². The van der Waals surface area contributed by atoms with Crippen LogP contribution < -0.4 is 10.1 Å². The molecule has 2 rings (SSSR count). The number of anilines is 1. The number of ether oxygens (including phenoxy) is 1. The summed E-state index contributed by atoms with van der Waals surface area (Å²) in [6.45, 7) is 4.83. The number of aliphatic hydroxyl groups is 1. The van der Waals surface area contributed by atoms with Crippen LogP contribution in [0.1, 0.15) is 31.0 Å². The summed E-state index contributed by atoms with van der Waals surface area (Å²) in [7, 11) is 0. The van der Waals surface area contributed by atoms with E-state index in [1.807, 2.05) is 49.4 Å². The number of para-hydroxylation sites is 1. The van der Waals surface area contributed by atoms with Crippen molar-refractivity contribution in [2.75, 3.05) is 11.9 Å². The van der Waals surface area contributed by atoms with Crippen LogP contribution in [0.15, 0.2) is 48.5 Å². The zero-order valence-electron chi connectivity index (χ0n) is 12.0. The Morgan fingerprint density at radius 1 is 1.10 bits per heavy atom. The van der Waals surface area contributed by atoms with E-state index in [-0.39, 0.29) is 12.6 Å². The molecule has 0 aromatic heterocycles. The predicted molar refractivity (Wildman–Crippen MR) is 82.0 cm³/mol. The van der Waals surface area contributed by atoms with Gasteiger partial charge in [0.2, 0.25) is 0 Å². The van der Waals surface area contributed by atoms with E-state index in [2.05, 4.69) is 18.3 Å². The second kappa shape index (κ2) is 6.96. The van der Waals surface area contributed by atoms with Gasteiger partial charge in [-0.3, -0.25) is 0 Å². The Labute approximate surface area is 120 Å². The zero-order chi connectivity index (χ0) is 14.4. The molecule has 1 unspecified atom stereocenters.